The van der Waals surface area contributed by atoms with Gasteiger partial charge in [0, 0.05) is 18.7 Å². The van der Waals surface area contributed by atoms with Gasteiger partial charge in [0.2, 0.25) is 0 Å². The van der Waals surface area contributed by atoms with Crippen molar-refractivity contribution < 1.29 is 23.8 Å². The van der Waals surface area contributed by atoms with Crippen LogP contribution < -0.4 is 0 Å². The van der Waals surface area contributed by atoms with E-state index in [1.54, 1.807) is 0 Å². The second kappa shape index (κ2) is 8.51. The van der Waals surface area contributed by atoms with E-state index in [1.807, 2.05) is 24.3 Å². The zero-order valence-corrected chi connectivity index (χ0v) is 18.6. The molecule has 0 saturated carbocycles. The highest BCUT2D eigenvalue weighted by Crippen LogP contribution is 2.40. The number of carbonyl (C=O) groups excluding carboxylic acids is 2. The Labute approximate surface area is 187 Å². The van der Waals surface area contributed by atoms with E-state index in [0.717, 1.165) is 24.0 Å². The van der Waals surface area contributed by atoms with E-state index in [0.29, 0.717) is 6.61 Å². The number of nitrogens with zero attached hydrogens (tertiary/aromatic N) is 1. The van der Waals surface area contributed by atoms with Crippen molar-refractivity contribution in [3.8, 4) is 0 Å². The van der Waals surface area contributed by atoms with Gasteiger partial charge in [-0.2, -0.15) is 0 Å². The number of likely N-dealkylation sites (tertiary alicyclic amines) is 1. The monoisotopic (exact) mass is 437 g/mol. The maximum Gasteiger partial charge on any atom is 0.295 e. The van der Waals surface area contributed by atoms with Crippen molar-refractivity contribution in [2.75, 3.05) is 13.2 Å². The van der Waals surface area contributed by atoms with Crippen LogP contribution in [0.5, 0.6) is 0 Å². The van der Waals surface area contributed by atoms with Crippen LogP contribution in [0.4, 0.5) is 4.39 Å². The predicted molar refractivity (Wildman–Crippen MR) is 120 cm³/mol. The number of aliphatic hydroxyl groups is 1. The van der Waals surface area contributed by atoms with Gasteiger partial charge in [0.05, 0.1) is 17.7 Å². The lowest BCUT2D eigenvalue weighted by Gasteiger charge is -2.28. The molecule has 0 bridgehead atoms. The van der Waals surface area contributed by atoms with E-state index in [-0.39, 0.29) is 35.0 Å². The molecule has 2 aromatic carbocycles. The molecule has 6 heteroatoms. The van der Waals surface area contributed by atoms with Gasteiger partial charge >= 0.3 is 0 Å². The third kappa shape index (κ3) is 4.19. The Morgan fingerprint density at radius 2 is 1.75 bits per heavy atom. The Morgan fingerprint density at radius 1 is 1.09 bits per heavy atom. The summed E-state index contributed by atoms with van der Waals surface area (Å²) >= 11 is 0. The number of ether oxygens (including phenoxy) is 1. The normalized spacial score (nSPS) is 23.2. The largest absolute Gasteiger partial charge is 0.507 e. The molecule has 0 spiro atoms. The Morgan fingerprint density at radius 3 is 2.31 bits per heavy atom. The van der Waals surface area contributed by atoms with Crippen molar-refractivity contribution in [3.05, 3.63) is 76.6 Å². The van der Waals surface area contributed by atoms with Crippen LogP contribution in [0.25, 0.3) is 5.76 Å². The topological polar surface area (TPSA) is 66.8 Å². The first-order chi connectivity index (χ1) is 15.2. The van der Waals surface area contributed by atoms with Crippen LogP contribution in [0.2, 0.25) is 0 Å². The highest BCUT2D eigenvalue weighted by molar-refractivity contribution is 6.46. The molecular weight excluding hydrogens is 409 g/mol. The van der Waals surface area contributed by atoms with E-state index < -0.39 is 23.5 Å². The molecule has 2 aromatic rings. The Kier molecular flexibility index (Phi) is 5.91. The lowest BCUT2D eigenvalue weighted by Crippen LogP contribution is -2.36. The van der Waals surface area contributed by atoms with Gasteiger partial charge in [-0.05, 0) is 53.6 Å². The molecule has 0 aromatic heterocycles. The van der Waals surface area contributed by atoms with Gasteiger partial charge in [0.1, 0.15) is 11.6 Å². The highest BCUT2D eigenvalue weighted by Gasteiger charge is 2.47. The third-order valence-electron chi connectivity index (χ3n) is 6.17. The number of benzene rings is 2. The van der Waals surface area contributed by atoms with E-state index in [2.05, 4.69) is 20.8 Å². The second-order valence-corrected chi connectivity index (χ2v) is 9.47. The molecule has 2 aliphatic rings. The minimum Gasteiger partial charge on any atom is -0.507 e. The number of hydrogen-bond donors (Lipinski definition) is 1. The quantitative estimate of drug-likeness (QED) is 0.427. The van der Waals surface area contributed by atoms with Gasteiger partial charge in [0.25, 0.3) is 11.7 Å². The fourth-order valence-electron chi connectivity index (χ4n) is 4.35. The molecule has 2 fully saturated rings. The Balaban J connectivity index is 1.81. The number of ketones is 1. The summed E-state index contributed by atoms with van der Waals surface area (Å²) in [5.41, 5.74) is 2.11. The average Bonchev–Trinajstić information content (AvgIpc) is 3.36. The first-order valence-electron chi connectivity index (χ1n) is 10.9. The molecular formula is C26H28FNO4. The summed E-state index contributed by atoms with van der Waals surface area (Å²) < 4.78 is 19.1. The molecule has 0 aliphatic carbocycles. The predicted octanol–water partition coefficient (Wildman–Crippen LogP) is 4.72. The summed E-state index contributed by atoms with van der Waals surface area (Å²) in [7, 11) is 0. The smallest absolute Gasteiger partial charge is 0.295 e. The molecule has 5 nitrogen and oxygen atoms in total. The lowest BCUT2D eigenvalue weighted by molar-refractivity contribution is -0.140. The first-order valence-corrected chi connectivity index (χ1v) is 10.9. The maximum absolute atomic E-state index is 13.4. The molecule has 32 heavy (non-hydrogen) atoms. The van der Waals surface area contributed by atoms with E-state index in [9.17, 15) is 19.1 Å². The molecule has 2 atom stereocenters. The van der Waals surface area contributed by atoms with Gasteiger partial charge < -0.3 is 14.7 Å². The molecule has 2 unspecified atom stereocenters. The summed E-state index contributed by atoms with van der Waals surface area (Å²) in [4.78, 5) is 27.6. The van der Waals surface area contributed by atoms with Crippen LogP contribution in [-0.2, 0) is 19.7 Å². The minimum absolute atomic E-state index is 0.0168. The molecule has 0 radical (unpaired) electrons. The van der Waals surface area contributed by atoms with Crippen molar-refractivity contribution in [1.29, 1.82) is 0 Å². The van der Waals surface area contributed by atoms with Crippen LogP contribution in [0, 0.1) is 5.82 Å². The van der Waals surface area contributed by atoms with Crippen LogP contribution in [-0.4, -0.2) is 41.0 Å². The van der Waals surface area contributed by atoms with Gasteiger partial charge in [0.15, 0.2) is 0 Å². The van der Waals surface area contributed by atoms with Gasteiger partial charge in [-0.25, -0.2) is 4.39 Å². The van der Waals surface area contributed by atoms with Gasteiger partial charge in [-0.1, -0.05) is 45.0 Å². The second-order valence-electron chi connectivity index (χ2n) is 9.47. The maximum atomic E-state index is 13.4. The lowest BCUT2D eigenvalue weighted by atomic mass is 9.85. The van der Waals surface area contributed by atoms with Gasteiger partial charge in [-0.3, -0.25) is 9.59 Å². The van der Waals surface area contributed by atoms with Crippen molar-refractivity contribution in [2.45, 2.75) is 51.2 Å². The average molecular weight is 438 g/mol. The first kappa shape index (κ1) is 22.2. The standard InChI is InChI=1S/C26H28FNO4/c1-26(2,3)18-10-6-16(7-11-18)22-21(23(29)17-8-12-19(27)13-9-17)24(30)25(31)28(22)15-20-5-4-14-32-20/h6-13,20,22,29H,4-5,14-15H2,1-3H3. The van der Waals surface area contributed by atoms with E-state index in [4.69, 9.17) is 4.74 Å². The van der Waals surface area contributed by atoms with E-state index in [1.165, 1.54) is 29.2 Å². The number of Topliss-reactive ketones (excluding diaryl/α,β-unsaturated/α-hetero) is 1. The minimum atomic E-state index is -0.741. The molecule has 168 valence electrons. The summed E-state index contributed by atoms with van der Waals surface area (Å²) in [5.74, 6) is -2.15. The van der Waals surface area contributed by atoms with Crippen molar-refractivity contribution in [1.82, 2.24) is 4.90 Å². The Hall–Kier alpha value is -2.99. The van der Waals surface area contributed by atoms with Crippen molar-refractivity contribution in [2.24, 2.45) is 0 Å². The molecule has 2 heterocycles. The number of rotatable bonds is 4. The zero-order valence-electron chi connectivity index (χ0n) is 18.6. The number of carbonyl (C=O) groups is 2. The number of amides is 1. The fraction of sp³-hybridized carbons (Fsp3) is 0.385. The summed E-state index contributed by atoms with van der Waals surface area (Å²) in [6.07, 6.45) is 1.58. The molecule has 4 rings (SSSR count). The highest BCUT2D eigenvalue weighted by atomic mass is 19.1. The van der Waals surface area contributed by atoms with E-state index >= 15 is 0 Å². The molecule has 1 N–H and O–H groups in total. The summed E-state index contributed by atoms with van der Waals surface area (Å²) in [6.45, 7) is 7.24. The van der Waals surface area contributed by atoms with Crippen LogP contribution >= 0.6 is 0 Å². The molecule has 2 saturated heterocycles. The fourth-order valence-corrected chi connectivity index (χ4v) is 4.35. The zero-order chi connectivity index (χ0) is 23.0. The SMILES string of the molecule is CC(C)(C)c1ccc(C2C(=C(O)c3ccc(F)cc3)C(=O)C(=O)N2CC2CCCO2)cc1. The third-order valence-corrected chi connectivity index (χ3v) is 6.17. The van der Waals surface area contributed by atoms with Crippen LogP contribution in [0.3, 0.4) is 0 Å². The summed E-state index contributed by atoms with van der Waals surface area (Å²) in [6, 6.07) is 12.3. The Bertz CT molecular complexity index is 1040. The van der Waals surface area contributed by atoms with Crippen molar-refractivity contribution >= 4 is 17.4 Å². The number of hydrogen-bond acceptors (Lipinski definition) is 4. The van der Waals surface area contributed by atoms with Gasteiger partial charge in [-0.15, -0.1) is 0 Å². The van der Waals surface area contributed by atoms with Crippen LogP contribution in [0.1, 0.15) is 56.3 Å². The number of halogens is 1. The van der Waals surface area contributed by atoms with Crippen LogP contribution in [0.15, 0.2) is 54.1 Å². The summed E-state index contributed by atoms with van der Waals surface area (Å²) in [5, 5.41) is 11.0. The molecule has 2 aliphatic heterocycles. The number of aliphatic hydroxyl groups excluding tert-OH is 1. The van der Waals surface area contributed by atoms with Crippen molar-refractivity contribution in [3.63, 3.8) is 0 Å². The molecule has 1 amide bonds.